The van der Waals surface area contributed by atoms with Gasteiger partial charge >= 0.3 is 5.97 Å². The quantitative estimate of drug-likeness (QED) is 0.896. The predicted octanol–water partition coefficient (Wildman–Crippen LogP) is 3.94. The highest BCUT2D eigenvalue weighted by Gasteiger charge is 2.10. The summed E-state index contributed by atoms with van der Waals surface area (Å²) in [4.78, 5) is 15.5. The first kappa shape index (κ1) is 14.5. The maximum atomic E-state index is 10.8. The number of hydrogen-bond donors (Lipinski definition) is 1. The van der Waals surface area contributed by atoms with Gasteiger partial charge in [0.1, 0.15) is 0 Å². The van der Waals surface area contributed by atoms with Crippen molar-refractivity contribution in [3.8, 4) is 0 Å². The maximum absolute atomic E-state index is 10.8. The highest BCUT2D eigenvalue weighted by atomic mass is 16.4. The molecule has 0 fully saturated rings. The molecule has 106 valence electrons. The Hall–Kier alpha value is -1.90. The van der Waals surface area contributed by atoms with Gasteiger partial charge in [-0.1, -0.05) is 26.8 Å². The summed E-state index contributed by atoms with van der Waals surface area (Å²) >= 11 is 0. The van der Waals surface area contributed by atoms with E-state index < -0.39 is 5.97 Å². The van der Waals surface area contributed by atoms with Crippen LogP contribution in [0.25, 0.3) is 10.9 Å². The highest BCUT2D eigenvalue weighted by molar-refractivity contribution is 5.83. The number of aliphatic carboxylic acids is 1. The number of carboxylic acid groups (broad SMARTS) is 1. The Kier molecular flexibility index (Phi) is 4.38. The van der Waals surface area contributed by atoms with Crippen LogP contribution in [0.4, 0.5) is 0 Å². The van der Waals surface area contributed by atoms with Crippen LogP contribution in [-0.2, 0) is 17.6 Å². The molecule has 3 heteroatoms. The van der Waals surface area contributed by atoms with E-state index in [1.165, 1.54) is 5.56 Å². The van der Waals surface area contributed by atoms with E-state index in [9.17, 15) is 4.79 Å². The maximum Gasteiger partial charge on any atom is 0.303 e. The topological polar surface area (TPSA) is 50.2 Å². The third-order valence-electron chi connectivity index (χ3n) is 3.59. The number of pyridine rings is 1. The minimum absolute atomic E-state index is 0.160. The van der Waals surface area contributed by atoms with Crippen LogP contribution in [0.1, 0.15) is 49.9 Å². The second kappa shape index (κ2) is 6.04. The Balaban J connectivity index is 2.55. The number of nitrogens with zero attached hydrogens (tertiary/aromatic N) is 1. The molecule has 0 saturated heterocycles. The van der Waals surface area contributed by atoms with Gasteiger partial charge in [0, 0.05) is 17.5 Å². The molecule has 0 aliphatic heterocycles. The van der Waals surface area contributed by atoms with Gasteiger partial charge in [-0.05, 0) is 48.1 Å². The lowest BCUT2D eigenvalue weighted by Gasteiger charge is -2.12. The lowest BCUT2D eigenvalue weighted by Crippen LogP contribution is -2.02. The van der Waals surface area contributed by atoms with Gasteiger partial charge in [-0.2, -0.15) is 0 Å². The Morgan fingerprint density at radius 3 is 2.65 bits per heavy atom. The molecular weight excluding hydrogens is 250 g/mol. The van der Waals surface area contributed by atoms with Gasteiger partial charge in [0.2, 0.25) is 0 Å². The number of fused-ring (bicyclic) bond motifs is 1. The molecule has 1 aromatic carbocycles. The van der Waals surface area contributed by atoms with Crippen LogP contribution >= 0.6 is 0 Å². The first-order valence-corrected chi connectivity index (χ1v) is 7.15. The van der Waals surface area contributed by atoms with Crippen LogP contribution in [0.2, 0.25) is 0 Å². The molecule has 0 saturated carbocycles. The predicted molar refractivity (Wildman–Crippen MR) is 81.2 cm³/mol. The summed E-state index contributed by atoms with van der Waals surface area (Å²) in [6.45, 7) is 6.33. The molecule has 20 heavy (non-hydrogen) atoms. The van der Waals surface area contributed by atoms with Crippen LogP contribution in [-0.4, -0.2) is 16.1 Å². The number of hydrogen-bond acceptors (Lipinski definition) is 2. The molecule has 1 heterocycles. The molecule has 0 aliphatic rings. The van der Waals surface area contributed by atoms with Crippen LogP contribution in [0.5, 0.6) is 0 Å². The van der Waals surface area contributed by atoms with Crippen molar-refractivity contribution in [2.24, 2.45) is 0 Å². The average molecular weight is 271 g/mol. The Labute approximate surface area is 119 Å². The second-order valence-corrected chi connectivity index (χ2v) is 5.46. The van der Waals surface area contributed by atoms with Crippen molar-refractivity contribution in [2.45, 2.75) is 46.0 Å². The van der Waals surface area contributed by atoms with Crippen molar-refractivity contribution >= 4 is 16.9 Å². The van der Waals surface area contributed by atoms with Gasteiger partial charge in [0.05, 0.1) is 5.52 Å². The molecule has 0 bridgehead atoms. The molecule has 3 nitrogen and oxygen atoms in total. The summed E-state index contributed by atoms with van der Waals surface area (Å²) in [5, 5.41) is 10.0. The van der Waals surface area contributed by atoms with E-state index in [0.717, 1.165) is 28.6 Å². The first-order valence-electron chi connectivity index (χ1n) is 7.15. The smallest absolute Gasteiger partial charge is 0.303 e. The zero-order chi connectivity index (χ0) is 14.7. The third kappa shape index (κ3) is 3.16. The molecular formula is C17H21NO2. The summed E-state index contributed by atoms with van der Waals surface area (Å²) in [6.07, 6.45) is 1.69. The lowest BCUT2D eigenvalue weighted by molar-refractivity contribution is -0.136. The fourth-order valence-corrected chi connectivity index (χ4v) is 2.33. The fraction of sp³-hybridized carbons (Fsp3) is 0.412. The molecule has 0 aliphatic carbocycles. The number of benzene rings is 1. The zero-order valence-corrected chi connectivity index (χ0v) is 12.3. The molecule has 1 N–H and O–H groups in total. The first-order chi connectivity index (χ1) is 9.51. The Bertz CT molecular complexity index is 632. The Morgan fingerprint density at radius 2 is 2.05 bits per heavy atom. The van der Waals surface area contributed by atoms with E-state index in [-0.39, 0.29) is 6.42 Å². The van der Waals surface area contributed by atoms with Crippen molar-refractivity contribution in [2.75, 3.05) is 0 Å². The molecule has 2 aromatic rings. The third-order valence-corrected chi connectivity index (χ3v) is 3.59. The summed E-state index contributed by atoms with van der Waals surface area (Å²) < 4.78 is 0. The van der Waals surface area contributed by atoms with E-state index in [2.05, 4.69) is 39.0 Å². The van der Waals surface area contributed by atoms with E-state index in [4.69, 9.17) is 10.1 Å². The lowest BCUT2D eigenvalue weighted by atomic mass is 9.98. The van der Waals surface area contributed by atoms with Gasteiger partial charge in [-0.15, -0.1) is 0 Å². The van der Waals surface area contributed by atoms with Crippen LogP contribution in [0, 0.1) is 0 Å². The van der Waals surface area contributed by atoms with Crippen molar-refractivity contribution in [3.63, 3.8) is 0 Å². The minimum atomic E-state index is -0.757. The van der Waals surface area contributed by atoms with Crippen molar-refractivity contribution in [1.82, 2.24) is 4.98 Å². The summed E-state index contributed by atoms with van der Waals surface area (Å²) in [6, 6.07) is 8.35. The highest BCUT2D eigenvalue weighted by Crippen LogP contribution is 2.24. The van der Waals surface area contributed by atoms with Gasteiger partial charge in [-0.3, -0.25) is 9.78 Å². The number of carboxylic acids is 1. The number of rotatable bonds is 5. The monoisotopic (exact) mass is 271 g/mol. The molecule has 2 rings (SSSR count). The van der Waals surface area contributed by atoms with E-state index >= 15 is 0 Å². The second-order valence-electron chi connectivity index (χ2n) is 5.46. The van der Waals surface area contributed by atoms with Gasteiger partial charge in [-0.25, -0.2) is 0 Å². The van der Waals surface area contributed by atoms with Gasteiger partial charge in [0.25, 0.3) is 0 Å². The molecule has 1 aromatic heterocycles. The van der Waals surface area contributed by atoms with E-state index in [1.54, 1.807) is 0 Å². The van der Waals surface area contributed by atoms with Crippen LogP contribution in [0.15, 0.2) is 24.3 Å². The minimum Gasteiger partial charge on any atom is -0.481 e. The number of carbonyl (C=O) groups is 1. The normalized spacial score (nSPS) is 11.2. The molecule has 0 atom stereocenters. The summed E-state index contributed by atoms with van der Waals surface area (Å²) in [5.41, 5.74) is 4.35. The standard InChI is InChI=1S/C17H21NO2/c1-4-12-5-7-15-14(9-12)13(6-8-17(19)20)10-16(18-15)11(2)3/h5,7,9-11H,4,6,8H2,1-3H3,(H,19,20). The largest absolute Gasteiger partial charge is 0.481 e. The molecule has 0 amide bonds. The summed E-state index contributed by atoms with van der Waals surface area (Å²) in [5.74, 6) is -0.415. The van der Waals surface area contributed by atoms with Gasteiger partial charge < -0.3 is 5.11 Å². The van der Waals surface area contributed by atoms with Crippen LogP contribution in [0.3, 0.4) is 0 Å². The van der Waals surface area contributed by atoms with E-state index in [1.807, 2.05) is 6.07 Å². The van der Waals surface area contributed by atoms with Gasteiger partial charge in [0.15, 0.2) is 0 Å². The molecule has 0 unspecified atom stereocenters. The number of aromatic nitrogens is 1. The number of aryl methyl sites for hydroxylation is 2. The fourth-order valence-electron chi connectivity index (χ4n) is 2.33. The van der Waals surface area contributed by atoms with Crippen molar-refractivity contribution in [1.29, 1.82) is 0 Å². The van der Waals surface area contributed by atoms with Crippen molar-refractivity contribution < 1.29 is 9.90 Å². The molecule has 0 spiro atoms. The zero-order valence-electron chi connectivity index (χ0n) is 12.3. The summed E-state index contributed by atoms with van der Waals surface area (Å²) in [7, 11) is 0. The Morgan fingerprint density at radius 1 is 1.30 bits per heavy atom. The van der Waals surface area contributed by atoms with Crippen LogP contribution < -0.4 is 0 Å². The SMILES string of the molecule is CCc1ccc2nc(C(C)C)cc(CCC(=O)O)c2c1. The average Bonchev–Trinajstić information content (AvgIpc) is 2.43. The van der Waals surface area contributed by atoms with Crippen molar-refractivity contribution in [3.05, 3.63) is 41.1 Å². The van der Waals surface area contributed by atoms with E-state index in [0.29, 0.717) is 12.3 Å². The molecule has 0 radical (unpaired) electrons.